The van der Waals surface area contributed by atoms with E-state index in [1.807, 2.05) is 0 Å². The summed E-state index contributed by atoms with van der Waals surface area (Å²) >= 11 is 12.9. The number of anilines is 1. The van der Waals surface area contributed by atoms with E-state index >= 15 is 0 Å². The maximum absolute atomic E-state index is 12.1. The summed E-state index contributed by atoms with van der Waals surface area (Å²) in [4.78, 5) is 36.2. The normalized spacial score (nSPS) is 18.2. The summed E-state index contributed by atoms with van der Waals surface area (Å²) in [5.74, 6) is -0.383. The number of benzene rings is 1. The molecule has 3 rings (SSSR count). The summed E-state index contributed by atoms with van der Waals surface area (Å²) in [6.45, 7) is 0. The first kappa shape index (κ1) is 17.7. The Morgan fingerprint density at radius 2 is 1.92 bits per heavy atom. The van der Waals surface area contributed by atoms with Crippen LogP contribution in [-0.2, 0) is 9.59 Å². The molecule has 0 saturated carbocycles. The second-order valence-corrected chi connectivity index (χ2v) is 7.04. The lowest BCUT2D eigenvalue weighted by Crippen LogP contribution is -2.28. The van der Waals surface area contributed by atoms with Crippen LogP contribution in [0.25, 0.3) is 0 Å². The number of thioether (sulfide) groups is 1. The lowest BCUT2D eigenvalue weighted by atomic mass is 10.2. The van der Waals surface area contributed by atoms with E-state index in [0.717, 1.165) is 11.8 Å². The van der Waals surface area contributed by atoms with Gasteiger partial charge in [-0.3, -0.25) is 9.59 Å². The molecule has 0 bridgehead atoms. The van der Waals surface area contributed by atoms with Crippen LogP contribution in [0.15, 0.2) is 41.7 Å². The average molecular weight is 396 g/mol. The van der Waals surface area contributed by atoms with Gasteiger partial charge in [0.25, 0.3) is 5.95 Å². The molecule has 2 N–H and O–H groups in total. The second kappa shape index (κ2) is 7.81. The monoisotopic (exact) mass is 395 g/mol. The quantitative estimate of drug-likeness (QED) is 0.828. The Balaban J connectivity index is 1.62. The molecular weight excluding hydrogens is 385 g/mol. The largest absolute Gasteiger partial charge is 0.326 e. The van der Waals surface area contributed by atoms with Crippen molar-refractivity contribution in [2.75, 3.05) is 5.32 Å². The third-order valence-corrected chi connectivity index (χ3v) is 4.57. The van der Waals surface area contributed by atoms with Crippen LogP contribution in [0.4, 0.5) is 11.6 Å². The SMILES string of the molecule is O=C(CC1S/C(=N\c2ncccn2)NC1=O)Nc1cc(Cl)cc(Cl)c1. The van der Waals surface area contributed by atoms with Crippen molar-refractivity contribution < 1.29 is 9.59 Å². The van der Waals surface area contributed by atoms with E-state index in [1.54, 1.807) is 36.7 Å². The van der Waals surface area contributed by atoms with Gasteiger partial charge in [0, 0.05) is 34.5 Å². The topological polar surface area (TPSA) is 96.3 Å². The molecule has 0 aliphatic carbocycles. The molecule has 1 aromatic heterocycles. The molecule has 0 spiro atoms. The molecule has 1 atom stereocenters. The summed E-state index contributed by atoms with van der Waals surface area (Å²) in [7, 11) is 0. The van der Waals surface area contributed by atoms with E-state index in [4.69, 9.17) is 23.2 Å². The number of nitrogens with one attached hydrogen (secondary N) is 2. The van der Waals surface area contributed by atoms with Gasteiger partial charge in [0.15, 0.2) is 5.17 Å². The molecule has 2 amide bonds. The molecule has 7 nitrogen and oxygen atoms in total. The molecule has 128 valence electrons. The lowest BCUT2D eigenvalue weighted by Gasteiger charge is -2.08. The molecule has 1 aliphatic rings. The Morgan fingerprint density at radius 3 is 2.60 bits per heavy atom. The van der Waals surface area contributed by atoms with Crippen LogP contribution in [0.2, 0.25) is 10.0 Å². The summed E-state index contributed by atoms with van der Waals surface area (Å²) in [5.41, 5.74) is 0.470. The minimum absolute atomic E-state index is 0.0186. The van der Waals surface area contributed by atoms with Gasteiger partial charge in [0.2, 0.25) is 11.8 Å². The Hall–Kier alpha value is -2.16. The zero-order valence-electron chi connectivity index (χ0n) is 12.6. The van der Waals surface area contributed by atoms with E-state index < -0.39 is 5.25 Å². The van der Waals surface area contributed by atoms with Crippen molar-refractivity contribution in [3.63, 3.8) is 0 Å². The van der Waals surface area contributed by atoms with Crippen molar-refractivity contribution in [1.29, 1.82) is 0 Å². The smallest absolute Gasteiger partial charge is 0.251 e. The molecular formula is C15H11Cl2N5O2S. The van der Waals surface area contributed by atoms with Crippen LogP contribution in [-0.4, -0.2) is 32.2 Å². The van der Waals surface area contributed by atoms with E-state index in [0.29, 0.717) is 20.9 Å². The van der Waals surface area contributed by atoms with E-state index in [1.165, 1.54) is 0 Å². The standard InChI is InChI=1S/C15H11Cl2N5O2S/c16-8-4-9(17)6-10(5-8)20-12(23)7-11-13(24)21-15(25-11)22-14-18-2-1-3-19-14/h1-6,11H,7H2,(H,20,23)(H,18,19,21,22,24). The predicted molar refractivity (Wildman–Crippen MR) is 98.4 cm³/mol. The molecule has 1 unspecified atom stereocenters. The number of aliphatic imine (C=N–C) groups is 1. The number of carbonyl (C=O) groups is 2. The molecule has 1 aliphatic heterocycles. The number of hydrogen-bond acceptors (Lipinski definition) is 6. The molecule has 10 heteroatoms. The number of rotatable bonds is 4. The molecule has 1 saturated heterocycles. The molecule has 0 radical (unpaired) electrons. The van der Waals surface area contributed by atoms with Crippen LogP contribution in [0.1, 0.15) is 6.42 Å². The molecule has 25 heavy (non-hydrogen) atoms. The van der Waals surface area contributed by atoms with Gasteiger partial charge in [-0.15, -0.1) is 0 Å². The van der Waals surface area contributed by atoms with E-state index in [2.05, 4.69) is 25.6 Å². The van der Waals surface area contributed by atoms with Crippen molar-refractivity contribution in [2.45, 2.75) is 11.7 Å². The summed E-state index contributed by atoms with van der Waals surface area (Å²) in [6.07, 6.45) is 3.08. The fourth-order valence-corrected chi connectivity index (χ4v) is 3.53. The van der Waals surface area contributed by atoms with Gasteiger partial charge < -0.3 is 10.6 Å². The number of halogens is 2. The highest BCUT2D eigenvalue weighted by Gasteiger charge is 2.32. The van der Waals surface area contributed by atoms with Gasteiger partial charge in [0.1, 0.15) is 5.25 Å². The number of nitrogens with zero attached hydrogens (tertiary/aromatic N) is 3. The van der Waals surface area contributed by atoms with Crippen molar-refractivity contribution in [3.8, 4) is 0 Å². The number of aromatic nitrogens is 2. The molecule has 1 fully saturated rings. The highest BCUT2D eigenvalue weighted by Crippen LogP contribution is 2.26. The highest BCUT2D eigenvalue weighted by atomic mass is 35.5. The van der Waals surface area contributed by atoms with Gasteiger partial charge in [-0.2, -0.15) is 4.99 Å². The van der Waals surface area contributed by atoms with Gasteiger partial charge in [-0.1, -0.05) is 35.0 Å². The van der Waals surface area contributed by atoms with E-state index in [-0.39, 0.29) is 24.2 Å². The first-order chi connectivity index (χ1) is 12.0. The van der Waals surface area contributed by atoms with Crippen LogP contribution in [0, 0.1) is 0 Å². The highest BCUT2D eigenvalue weighted by molar-refractivity contribution is 8.15. The van der Waals surface area contributed by atoms with Gasteiger partial charge >= 0.3 is 0 Å². The van der Waals surface area contributed by atoms with Crippen LogP contribution >= 0.6 is 35.0 Å². The van der Waals surface area contributed by atoms with Gasteiger partial charge in [-0.25, -0.2) is 9.97 Å². The average Bonchev–Trinajstić information content (AvgIpc) is 2.86. The first-order valence-corrected chi connectivity index (χ1v) is 8.72. The maximum Gasteiger partial charge on any atom is 0.251 e. The van der Waals surface area contributed by atoms with Crippen LogP contribution in [0.5, 0.6) is 0 Å². The summed E-state index contributed by atoms with van der Waals surface area (Å²) < 4.78 is 0. The predicted octanol–water partition coefficient (Wildman–Crippen LogP) is 3.03. The second-order valence-electron chi connectivity index (χ2n) is 4.97. The van der Waals surface area contributed by atoms with Crippen molar-refractivity contribution in [3.05, 3.63) is 46.7 Å². The minimum atomic E-state index is -0.586. The Kier molecular flexibility index (Phi) is 5.52. The zero-order chi connectivity index (χ0) is 17.8. The number of hydrogen-bond donors (Lipinski definition) is 2. The van der Waals surface area contributed by atoms with Crippen molar-refractivity contribution in [2.24, 2.45) is 4.99 Å². The van der Waals surface area contributed by atoms with Gasteiger partial charge in [0.05, 0.1) is 0 Å². The van der Waals surface area contributed by atoms with Crippen LogP contribution in [0.3, 0.4) is 0 Å². The number of carbonyl (C=O) groups excluding carboxylic acids is 2. The maximum atomic E-state index is 12.1. The van der Waals surface area contributed by atoms with Crippen LogP contribution < -0.4 is 10.6 Å². The molecule has 2 heterocycles. The van der Waals surface area contributed by atoms with Crippen molar-refractivity contribution in [1.82, 2.24) is 15.3 Å². The summed E-state index contributed by atoms with van der Waals surface area (Å²) in [5, 5.41) is 5.88. The fourth-order valence-electron chi connectivity index (χ4n) is 2.04. The lowest BCUT2D eigenvalue weighted by molar-refractivity contribution is -0.122. The third-order valence-electron chi connectivity index (χ3n) is 3.05. The molecule has 1 aromatic carbocycles. The number of amides is 2. The van der Waals surface area contributed by atoms with E-state index in [9.17, 15) is 9.59 Å². The summed E-state index contributed by atoms with van der Waals surface area (Å²) in [6, 6.07) is 6.38. The Labute approximate surface area is 157 Å². The Morgan fingerprint density at radius 1 is 1.24 bits per heavy atom. The fraction of sp³-hybridized carbons (Fsp3) is 0.133. The zero-order valence-corrected chi connectivity index (χ0v) is 14.9. The molecule has 2 aromatic rings. The Bertz CT molecular complexity index is 827. The minimum Gasteiger partial charge on any atom is -0.326 e. The third kappa shape index (κ3) is 4.91. The van der Waals surface area contributed by atoms with Gasteiger partial charge in [-0.05, 0) is 24.3 Å². The van der Waals surface area contributed by atoms with Crippen molar-refractivity contribution >= 4 is 63.6 Å². The first-order valence-electron chi connectivity index (χ1n) is 7.09. The number of amidine groups is 1.